The molecule has 1 heterocycles. The zero-order chi connectivity index (χ0) is 14.5. The molecule has 0 aliphatic rings. The van der Waals surface area contributed by atoms with E-state index in [0.29, 0.717) is 18.5 Å². The van der Waals surface area contributed by atoms with Gasteiger partial charge < -0.3 is 11.1 Å². The van der Waals surface area contributed by atoms with Crippen molar-refractivity contribution in [3.05, 3.63) is 57.9 Å². The number of anilines is 2. The van der Waals surface area contributed by atoms with Crippen molar-refractivity contribution in [3.63, 3.8) is 0 Å². The van der Waals surface area contributed by atoms with Crippen LogP contribution in [0.25, 0.3) is 0 Å². The fraction of sp³-hybridized carbons (Fsp3) is 0.154. The van der Waals surface area contributed by atoms with Crippen molar-refractivity contribution in [1.29, 1.82) is 0 Å². The SMILES string of the molecule is Nc1ccc([N+](=O)[O-])c(NCCc2ccccc2F)n1. The fourth-order valence-corrected chi connectivity index (χ4v) is 1.76. The summed E-state index contributed by atoms with van der Waals surface area (Å²) < 4.78 is 13.4. The molecule has 0 amide bonds. The van der Waals surface area contributed by atoms with Crippen LogP contribution in [0.4, 0.5) is 21.7 Å². The van der Waals surface area contributed by atoms with Crippen molar-refractivity contribution in [2.24, 2.45) is 0 Å². The fourth-order valence-electron chi connectivity index (χ4n) is 1.76. The molecule has 6 nitrogen and oxygen atoms in total. The Labute approximate surface area is 114 Å². The number of nitrogens with two attached hydrogens (primary N) is 1. The van der Waals surface area contributed by atoms with Gasteiger partial charge in [-0.1, -0.05) is 18.2 Å². The molecule has 104 valence electrons. The summed E-state index contributed by atoms with van der Waals surface area (Å²) in [5, 5.41) is 13.7. The molecule has 0 saturated heterocycles. The minimum Gasteiger partial charge on any atom is -0.384 e. The van der Waals surface area contributed by atoms with Gasteiger partial charge in [0.15, 0.2) is 0 Å². The summed E-state index contributed by atoms with van der Waals surface area (Å²) in [7, 11) is 0. The Kier molecular flexibility index (Phi) is 4.09. The Morgan fingerprint density at radius 1 is 1.30 bits per heavy atom. The maximum absolute atomic E-state index is 13.4. The summed E-state index contributed by atoms with van der Waals surface area (Å²) in [6.45, 7) is 0.318. The Bertz CT molecular complexity index is 634. The zero-order valence-electron chi connectivity index (χ0n) is 10.5. The van der Waals surface area contributed by atoms with E-state index in [9.17, 15) is 14.5 Å². The predicted molar refractivity (Wildman–Crippen MR) is 73.9 cm³/mol. The van der Waals surface area contributed by atoms with Gasteiger partial charge in [-0.05, 0) is 24.1 Å². The topological polar surface area (TPSA) is 94.1 Å². The van der Waals surface area contributed by atoms with Crippen LogP contribution in [0.1, 0.15) is 5.56 Å². The molecule has 0 bridgehead atoms. The molecule has 0 aliphatic heterocycles. The Hall–Kier alpha value is -2.70. The van der Waals surface area contributed by atoms with Gasteiger partial charge >= 0.3 is 5.69 Å². The third-order valence-corrected chi connectivity index (χ3v) is 2.74. The molecule has 2 aromatic rings. The molecule has 1 aromatic carbocycles. The van der Waals surface area contributed by atoms with E-state index in [2.05, 4.69) is 10.3 Å². The van der Waals surface area contributed by atoms with Crippen molar-refractivity contribution < 1.29 is 9.31 Å². The number of hydrogen-bond acceptors (Lipinski definition) is 5. The number of nitrogens with one attached hydrogen (secondary N) is 1. The van der Waals surface area contributed by atoms with Gasteiger partial charge in [-0.15, -0.1) is 0 Å². The molecular formula is C13H13FN4O2. The van der Waals surface area contributed by atoms with Crippen molar-refractivity contribution in [1.82, 2.24) is 4.98 Å². The van der Waals surface area contributed by atoms with Crippen LogP contribution in [0, 0.1) is 15.9 Å². The third kappa shape index (κ3) is 3.19. The monoisotopic (exact) mass is 276 g/mol. The molecule has 0 fully saturated rings. The van der Waals surface area contributed by atoms with Crippen molar-refractivity contribution >= 4 is 17.3 Å². The Morgan fingerprint density at radius 2 is 2.05 bits per heavy atom. The van der Waals surface area contributed by atoms with Gasteiger partial charge in [-0.25, -0.2) is 9.37 Å². The highest BCUT2D eigenvalue weighted by Crippen LogP contribution is 2.22. The predicted octanol–water partition coefficient (Wildman–Crippen LogP) is 2.37. The van der Waals surface area contributed by atoms with E-state index in [4.69, 9.17) is 5.73 Å². The number of nitrogen functional groups attached to an aromatic ring is 1. The lowest BCUT2D eigenvalue weighted by molar-refractivity contribution is -0.384. The molecule has 0 aliphatic carbocycles. The third-order valence-electron chi connectivity index (χ3n) is 2.74. The molecular weight excluding hydrogens is 263 g/mol. The maximum atomic E-state index is 13.4. The standard InChI is InChI=1S/C13H13FN4O2/c14-10-4-2-1-3-9(10)7-8-16-13-11(18(19)20)5-6-12(15)17-13/h1-6H,7-8H2,(H3,15,16,17). The van der Waals surface area contributed by atoms with E-state index >= 15 is 0 Å². The van der Waals surface area contributed by atoms with Gasteiger partial charge in [0.25, 0.3) is 0 Å². The minimum atomic E-state index is -0.544. The van der Waals surface area contributed by atoms with Crippen LogP contribution in [0.15, 0.2) is 36.4 Å². The first-order valence-electron chi connectivity index (χ1n) is 5.96. The highest BCUT2D eigenvalue weighted by Gasteiger charge is 2.15. The normalized spacial score (nSPS) is 10.2. The molecule has 20 heavy (non-hydrogen) atoms. The summed E-state index contributed by atoms with van der Waals surface area (Å²) in [6.07, 6.45) is 0.389. The van der Waals surface area contributed by atoms with Crippen molar-refractivity contribution in [3.8, 4) is 0 Å². The van der Waals surface area contributed by atoms with Gasteiger partial charge in [-0.3, -0.25) is 10.1 Å². The van der Waals surface area contributed by atoms with Crippen LogP contribution in [0.2, 0.25) is 0 Å². The Morgan fingerprint density at radius 3 is 2.75 bits per heavy atom. The first-order chi connectivity index (χ1) is 9.58. The molecule has 0 unspecified atom stereocenters. The molecule has 0 radical (unpaired) electrons. The second-order valence-electron chi connectivity index (χ2n) is 4.13. The van der Waals surface area contributed by atoms with Crippen LogP contribution >= 0.6 is 0 Å². The number of nitrogens with zero attached hydrogens (tertiary/aromatic N) is 2. The van der Waals surface area contributed by atoms with Crippen LogP contribution in [-0.2, 0) is 6.42 Å². The lowest BCUT2D eigenvalue weighted by Crippen LogP contribution is -2.10. The summed E-state index contributed by atoms with van der Waals surface area (Å²) in [6, 6.07) is 9.03. The average Bonchev–Trinajstić information content (AvgIpc) is 2.41. The lowest BCUT2D eigenvalue weighted by atomic mass is 10.1. The van der Waals surface area contributed by atoms with Crippen LogP contribution in [0.3, 0.4) is 0 Å². The van der Waals surface area contributed by atoms with Gasteiger partial charge in [0.1, 0.15) is 11.6 Å². The van der Waals surface area contributed by atoms with E-state index in [1.807, 2.05) is 0 Å². The van der Waals surface area contributed by atoms with Gasteiger partial charge in [0.05, 0.1) is 4.92 Å². The molecule has 0 saturated carbocycles. The largest absolute Gasteiger partial charge is 0.384 e. The molecule has 7 heteroatoms. The number of pyridine rings is 1. The summed E-state index contributed by atoms with van der Waals surface area (Å²) in [4.78, 5) is 14.2. The summed E-state index contributed by atoms with van der Waals surface area (Å²) in [5.74, 6) is -0.0281. The van der Waals surface area contributed by atoms with E-state index < -0.39 is 4.92 Å². The van der Waals surface area contributed by atoms with Gasteiger partial charge in [-0.2, -0.15) is 0 Å². The maximum Gasteiger partial charge on any atom is 0.311 e. The first kappa shape index (κ1) is 13.7. The number of hydrogen-bond donors (Lipinski definition) is 2. The molecule has 0 atom stereocenters. The molecule has 3 N–H and O–H groups in total. The summed E-state index contributed by atoms with van der Waals surface area (Å²) in [5.41, 5.74) is 5.88. The van der Waals surface area contributed by atoms with E-state index in [1.54, 1.807) is 18.2 Å². The van der Waals surface area contributed by atoms with Crippen molar-refractivity contribution in [2.45, 2.75) is 6.42 Å². The molecule has 2 rings (SSSR count). The number of halogens is 1. The second-order valence-corrected chi connectivity index (χ2v) is 4.13. The van der Waals surface area contributed by atoms with Crippen LogP contribution in [-0.4, -0.2) is 16.5 Å². The van der Waals surface area contributed by atoms with Gasteiger partial charge in [0.2, 0.25) is 5.82 Å². The van der Waals surface area contributed by atoms with Gasteiger partial charge in [0, 0.05) is 12.6 Å². The number of benzene rings is 1. The Balaban J connectivity index is 2.06. The van der Waals surface area contributed by atoms with E-state index in [-0.39, 0.29) is 23.1 Å². The van der Waals surface area contributed by atoms with Crippen molar-refractivity contribution in [2.75, 3.05) is 17.6 Å². The lowest BCUT2D eigenvalue weighted by Gasteiger charge is -2.07. The van der Waals surface area contributed by atoms with Crippen LogP contribution in [0.5, 0.6) is 0 Å². The highest BCUT2D eigenvalue weighted by atomic mass is 19.1. The summed E-state index contributed by atoms with van der Waals surface area (Å²) >= 11 is 0. The number of rotatable bonds is 5. The molecule has 0 spiro atoms. The average molecular weight is 276 g/mol. The van der Waals surface area contributed by atoms with E-state index in [0.717, 1.165) is 0 Å². The quantitative estimate of drug-likeness (QED) is 0.645. The first-order valence-corrected chi connectivity index (χ1v) is 5.96. The number of nitro groups is 1. The van der Waals surface area contributed by atoms with Crippen LogP contribution < -0.4 is 11.1 Å². The highest BCUT2D eigenvalue weighted by molar-refractivity contribution is 5.59. The van der Waals surface area contributed by atoms with E-state index in [1.165, 1.54) is 18.2 Å². The minimum absolute atomic E-state index is 0.0892. The number of aromatic nitrogens is 1. The molecule has 1 aromatic heterocycles. The zero-order valence-corrected chi connectivity index (χ0v) is 10.5. The second kappa shape index (κ2) is 5.96. The smallest absolute Gasteiger partial charge is 0.311 e.